The topological polar surface area (TPSA) is 93.3 Å². The number of esters is 1. The number of benzene rings is 2. The van der Waals surface area contributed by atoms with E-state index in [9.17, 15) is 9.59 Å². The van der Waals surface area contributed by atoms with Crippen molar-refractivity contribution in [3.8, 4) is 5.75 Å². The highest BCUT2D eigenvalue weighted by atomic mass is 16.5. The molecule has 1 atom stereocenters. The van der Waals surface area contributed by atoms with Crippen LogP contribution in [0.15, 0.2) is 48.8 Å². The molecule has 0 aliphatic rings. The van der Waals surface area contributed by atoms with Crippen molar-refractivity contribution in [2.45, 2.75) is 19.4 Å². The predicted octanol–water partition coefficient (Wildman–Crippen LogP) is 3.15. The highest BCUT2D eigenvalue weighted by Crippen LogP contribution is 2.23. The number of hydrogen-bond acceptors (Lipinski definition) is 5. The predicted molar refractivity (Wildman–Crippen MR) is 97.2 cm³/mol. The number of aromatic amines is 1. The molecule has 0 fully saturated rings. The van der Waals surface area contributed by atoms with Gasteiger partial charge in [-0.1, -0.05) is 19.1 Å². The van der Waals surface area contributed by atoms with E-state index in [0.717, 1.165) is 11.0 Å². The molecule has 0 aliphatic carbocycles. The van der Waals surface area contributed by atoms with E-state index in [4.69, 9.17) is 9.47 Å². The second-order valence-corrected chi connectivity index (χ2v) is 5.63. The molecule has 0 spiro atoms. The molecule has 26 heavy (non-hydrogen) atoms. The number of carbonyl (C=O) groups is 2. The second-order valence-electron chi connectivity index (χ2n) is 5.63. The van der Waals surface area contributed by atoms with Gasteiger partial charge in [0, 0.05) is 0 Å². The zero-order valence-electron chi connectivity index (χ0n) is 14.5. The Kier molecular flexibility index (Phi) is 5.17. The number of nitrogens with one attached hydrogen (secondary N) is 2. The van der Waals surface area contributed by atoms with Gasteiger partial charge in [-0.25, -0.2) is 9.78 Å². The minimum Gasteiger partial charge on any atom is -0.495 e. The van der Waals surface area contributed by atoms with Crippen molar-refractivity contribution in [1.82, 2.24) is 9.97 Å². The van der Waals surface area contributed by atoms with Gasteiger partial charge >= 0.3 is 5.97 Å². The van der Waals surface area contributed by atoms with Crippen LogP contribution in [0.25, 0.3) is 11.0 Å². The Hall–Kier alpha value is -3.35. The minimum atomic E-state index is -0.912. The number of anilines is 1. The Morgan fingerprint density at radius 3 is 2.81 bits per heavy atom. The number of fused-ring (bicyclic) bond motifs is 1. The molecule has 2 N–H and O–H groups in total. The Labute approximate surface area is 150 Å². The Balaban J connectivity index is 1.71. The van der Waals surface area contributed by atoms with Gasteiger partial charge in [-0.2, -0.15) is 0 Å². The Morgan fingerprint density at radius 1 is 1.23 bits per heavy atom. The summed E-state index contributed by atoms with van der Waals surface area (Å²) >= 11 is 0. The van der Waals surface area contributed by atoms with Crippen molar-refractivity contribution in [3.63, 3.8) is 0 Å². The number of imidazole rings is 1. The molecule has 0 saturated carbocycles. The average molecular weight is 353 g/mol. The SMILES string of the molecule is CCC(OC(=O)c1ccc2nc[nH]c2c1)C(=O)Nc1ccccc1OC. The monoisotopic (exact) mass is 353 g/mol. The zero-order valence-corrected chi connectivity index (χ0v) is 14.5. The number of amides is 1. The lowest BCUT2D eigenvalue weighted by atomic mass is 10.2. The molecule has 7 heteroatoms. The van der Waals surface area contributed by atoms with Crippen molar-refractivity contribution < 1.29 is 19.1 Å². The summed E-state index contributed by atoms with van der Waals surface area (Å²) in [7, 11) is 1.52. The van der Waals surface area contributed by atoms with Crippen LogP contribution in [-0.2, 0) is 9.53 Å². The number of aromatic nitrogens is 2. The molecular formula is C19H19N3O4. The standard InChI is InChI=1S/C19H19N3O4/c1-3-16(18(23)22-14-6-4-5-7-17(14)25-2)26-19(24)12-8-9-13-15(10-12)21-11-20-13/h4-11,16H,3H2,1-2H3,(H,20,21)(H,22,23). The van der Waals surface area contributed by atoms with Gasteiger partial charge < -0.3 is 19.8 Å². The molecule has 3 rings (SSSR count). The van der Waals surface area contributed by atoms with Crippen LogP contribution in [0.1, 0.15) is 23.7 Å². The Bertz CT molecular complexity index is 935. The molecule has 0 radical (unpaired) electrons. The first kappa shape index (κ1) is 17.5. The minimum absolute atomic E-state index is 0.346. The van der Waals surface area contributed by atoms with E-state index in [1.54, 1.807) is 55.7 Å². The first-order valence-electron chi connectivity index (χ1n) is 8.20. The maximum atomic E-state index is 12.5. The normalized spacial score (nSPS) is 11.8. The van der Waals surface area contributed by atoms with Crippen LogP contribution in [0.3, 0.4) is 0 Å². The third-order valence-electron chi connectivity index (χ3n) is 3.93. The molecule has 1 heterocycles. The van der Waals surface area contributed by atoms with E-state index < -0.39 is 18.0 Å². The molecule has 134 valence electrons. The fourth-order valence-corrected chi connectivity index (χ4v) is 2.54. The number of para-hydroxylation sites is 2. The van der Waals surface area contributed by atoms with Crippen LogP contribution in [0.4, 0.5) is 5.69 Å². The van der Waals surface area contributed by atoms with Crippen molar-refractivity contribution in [3.05, 3.63) is 54.4 Å². The van der Waals surface area contributed by atoms with Crippen molar-refractivity contribution in [2.24, 2.45) is 0 Å². The summed E-state index contributed by atoms with van der Waals surface area (Å²) in [6.07, 6.45) is 0.985. The molecule has 0 aliphatic heterocycles. The largest absolute Gasteiger partial charge is 0.495 e. The first-order chi connectivity index (χ1) is 12.6. The lowest BCUT2D eigenvalue weighted by Crippen LogP contribution is -2.32. The highest BCUT2D eigenvalue weighted by Gasteiger charge is 2.23. The molecule has 1 aromatic heterocycles. The summed E-state index contributed by atoms with van der Waals surface area (Å²) in [5, 5.41) is 2.74. The first-order valence-corrected chi connectivity index (χ1v) is 8.20. The molecular weight excluding hydrogens is 334 g/mol. The number of ether oxygens (including phenoxy) is 2. The molecule has 2 aromatic carbocycles. The summed E-state index contributed by atoms with van der Waals surface area (Å²) in [4.78, 5) is 31.9. The lowest BCUT2D eigenvalue weighted by Gasteiger charge is -2.17. The summed E-state index contributed by atoms with van der Waals surface area (Å²) in [6.45, 7) is 1.78. The quantitative estimate of drug-likeness (QED) is 0.664. The van der Waals surface area contributed by atoms with Gasteiger partial charge in [-0.15, -0.1) is 0 Å². The van der Waals surface area contributed by atoms with Crippen molar-refractivity contribution in [2.75, 3.05) is 12.4 Å². The third kappa shape index (κ3) is 3.66. The van der Waals surface area contributed by atoms with Gasteiger partial charge in [0.15, 0.2) is 6.10 Å². The van der Waals surface area contributed by atoms with Crippen LogP contribution in [-0.4, -0.2) is 35.1 Å². The number of nitrogens with zero attached hydrogens (tertiary/aromatic N) is 1. The summed E-state index contributed by atoms with van der Waals surface area (Å²) < 4.78 is 10.6. The molecule has 3 aromatic rings. The summed E-state index contributed by atoms with van der Waals surface area (Å²) in [5.74, 6) is -0.441. The van der Waals surface area contributed by atoms with E-state index in [2.05, 4.69) is 15.3 Å². The van der Waals surface area contributed by atoms with Crippen molar-refractivity contribution in [1.29, 1.82) is 0 Å². The zero-order chi connectivity index (χ0) is 18.5. The number of rotatable bonds is 6. The number of hydrogen-bond donors (Lipinski definition) is 2. The highest BCUT2D eigenvalue weighted by molar-refractivity contribution is 5.99. The molecule has 1 amide bonds. The number of carbonyl (C=O) groups excluding carboxylic acids is 2. The molecule has 1 unspecified atom stereocenters. The number of methoxy groups -OCH3 is 1. The van der Waals surface area contributed by atoms with Gasteiger partial charge in [0.2, 0.25) is 0 Å². The second kappa shape index (κ2) is 7.69. The molecule has 7 nitrogen and oxygen atoms in total. The fraction of sp³-hybridized carbons (Fsp3) is 0.211. The number of H-pyrrole nitrogens is 1. The fourth-order valence-electron chi connectivity index (χ4n) is 2.54. The van der Waals surface area contributed by atoms with Crippen molar-refractivity contribution >= 4 is 28.6 Å². The van der Waals surface area contributed by atoms with Gasteiger partial charge in [-0.05, 0) is 36.8 Å². The van der Waals surface area contributed by atoms with E-state index >= 15 is 0 Å². The van der Waals surface area contributed by atoms with Crippen LogP contribution in [0, 0.1) is 0 Å². The van der Waals surface area contributed by atoms with Gasteiger partial charge in [0.1, 0.15) is 5.75 Å². The Morgan fingerprint density at radius 2 is 2.04 bits per heavy atom. The van der Waals surface area contributed by atoms with E-state index in [0.29, 0.717) is 23.4 Å². The maximum absolute atomic E-state index is 12.5. The van der Waals surface area contributed by atoms with Crippen LogP contribution < -0.4 is 10.1 Å². The molecule has 0 saturated heterocycles. The maximum Gasteiger partial charge on any atom is 0.338 e. The summed E-state index contributed by atoms with van der Waals surface area (Å²) in [6, 6.07) is 12.0. The van der Waals surface area contributed by atoms with E-state index in [1.807, 2.05) is 0 Å². The van der Waals surface area contributed by atoms with Gasteiger partial charge in [0.25, 0.3) is 5.91 Å². The van der Waals surface area contributed by atoms with Gasteiger partial charge in [0.05, 0.1) is 35.7 Å². The van der Waals surface area contributed by atoms with E-state index in [1.165, 1.54) is 7.11 Å². The smallest absolute Gasteiger partial charge is 0.338 e. The molecule has 0 bridgehead atoms. The third-order valence-corrected chi connectivity index (χ3v) is 3.93. The van der Waals surface area contributed by atoms with Crippen LogP contribution in [0.5, 0.6) is 5.75 Å². The average Bonchev–Trinajstić information content (AvgIpc) is 3.14. The van der Waals surface area contributed by atoms with Crippen LogP contribution >= 0.6 is 0 Å². The van der Waals surface area contributed by atoms with E-state index in [-0.39, 0.29) is 0 Å². The summed E-state index contributed by atoms with van der Waals surface area (Å²) in [5.41, 5.74) is 2.35. The lowest BCUT2D eigenvalue weighted by molar-refractivity contribution is -0.124. The van der Waals surface area contributed by atoms with Gasteiger partial charge in [-0.3, -0.25) is 4.79 Å². The van der Waals surface area contributed by atoms with Crippen LogP contribution in [0.2, 0.25) is 0 Å².